The van der Waals surface area contributed by atoms with Crippen molar-refractivity contribution in [3.63, 3.8) is 0 Å². The van der Waals surface area contributed by atoms with Crippen LogP contribution in [0.25, 0.3) is 11.0 Å². The van der Waals surface area contributed by atoms with E-state index in [1.165, 1.54) is 0 Å². The number of imidazole rings is 1. The van der Waals surface area contributed by atoms with Gasteiger partial charge in [-0.25, -0.2) is 0 Å². The van der Waals surface area contributed by atoms with Crippen LogP contribution < -0.4 is 15.1 Å². The molecular weight excluding hydrogens is 380 g/mol. The highest BCUT2D eigenvalue weighted by Gasteiger charge is 2.17. The zero-order valence-electron chi connectivity index (χ0n) is 18.3. The number of ether oxygens (including phenoxy) is 2. The lowest BCUT2D eigenvalue weighted by Gasteiger charge is -2.18. The van der Waals surface area contributed by atoms with Gasteiger partial charge < -0.3 is 28.6 Å². The fraction of sp³-hybridized carbons (Fsp3) is 0.435. The number of aliphatic hydroxyl groups excluding tert-OH is 1. The number of rotatable bonds is 10. The number of aromatic nitrogens is 2. The third kappa shape index (κ3) is 4.37. The minimum atomic E-state index is -0.777. The second-order valence-corrected chi connectivity index (χ2v) is 7.23. The lowest BCUT2D eigenvalue weighted by Crippen LogP contribution is -2.32. The molecule has 1 atom stereocenters. The lowest BCUT2D eigenvalue weighted by atomic mass is 10.1. The van der Waals surface area contributed by atoms with Crippen LogP contribution in [-0.4, -0.2) is 53.0 Å². The van der Waals surface area contributed by atoms with Gasteiger partial charge in [0.2, 0.25) is 5.62 Å². The van der Waals surface area contributed by atoms with E-state index in [-0.39, 0.29) is 6.54 Å². The van der Waals surface area contributed by atoms with Crippen LogP contribution in [0.5, 0.6) is 11.5 Å². The summed E-state index contributed by atoms with van der Waals surface area (Å²) in [5.41, 5.74) is 3.07. The maximum Gasteiger partial charge on any atom is 0.203 e. The van der Waals surface area contributed by atoms with Crippen molar-refractivity contribution in [3.05, 3.63) is 53.6 Å². The van der Waals surface area contributed by atoms with E-state index in [9.17, 15) is 5.11 Å². The molecule has 0 saturated carbocycles. The molecule has 7 heteroatoms. The highest BCUT2D eigenvalue weighted by atomic mass is 16.5. The van der Waals surface area contributed by atoms with Crippen molar-refractivity contribution in [2.75, 3.05) is 33.9 Å². The van der Waals surface area contributed by atoms with Crippen molar-refractivity contribution in [2.24, 2.45) is 0 Å². The average Bonchev–Trinajstić information content (AvgIpc) is 3.05. The molecule has 30 heavy (non-hydrogen) atoms. The molecule has 162 valence electrons. The molecular formula is C23H32N4O3. The summed E-state index contributed by atoms with van der Waals surface area (Å²) in [7, 11) is 3.16. The van der Waals surface area contributed by atoms with Gasteiger partial charge >= 0.3 is 0 Å². The first-order valence-corrected chi connectivity index (χ1v) is 10.4. The summed E-state index contributed by atoms with van der Waals surface area (Å²) in [4.78, 5) is 2.34. The van der Waals surface area contributed by atoms with Gasteiger partial charge in [0.1, 0.15) is 0 Å². The molecule has 0 aliphatic heterocycles. The summed E-state index contributed by atoms with van der Waals surface area (Å²) in [6, 6.07) is 13.4. The fourth-order valence-electron chi connectivity index (χ4n) is 3.83. The minimum Gasteiger partial charge on any atom is -0.493 e. The molecule has 3 rings (SSSR count). The first-order chi connectivity index (χ1) is 14.5. The van der Waals surface area contributed by atoms with Gasteiger partial charge in [-0.05, 0) is 42.9 Å². The third-order valence-corrected chi connectivity index (χ3v) is 5.66. The highest BCUT2D eigenvalue weighted by Crippen LogP contribution is 2.30. The lowest BCUT2D eigenvalue weighted by molar-refractivity contribution is 0.155. The Morgan fingerprint density at radius 2 is 1.60 bits per heavy atom. The molecule has 2 N–H and O–H groups in total. The molecule has 1 aromatic heterocycles. The Hall–Kier alpha value is -2.77. The Labute approximate surface area is 177 Å². The van der Waals surface area contributed by atoms with Crippen molar-refractivity contribution in [1.29, 1.82) is 5.41 Å². The van der Waals surface area contributed by atoms with Gasteiger partial charge in [-0.2, -0.15) is 0 Å². The Morgan fingerprint density at radius 1 is 0.967 bits per heavy atom. The summed E-state index contributed by atoms with van der Waals surface area (Å²) >= 11 is 0. The van der Waals surface area contributed by atoms with E-state index in [4.69, 9.17) is 14.9 Å². The van der Waals surface area contributed by atoms with Crippen molar-refractivity contribution in [1.82, 2.24) is 14.0 Å². The van der Waals surface area contributed by atoms with Gasteiger partial charge in [-0.15, -0.1) is 0 Å². The molecule has 0 aliphatic rings. The Balaban J connectivity index is 1.92. The topological polar surface area (TPSA) is 75.6 Å². The molecule has 0 amide bonds. The zero-order valence-corrected chi connectivity index (χ0v) is 18.3. The third-order valence-electron chi connectivity index (χ3n) is 5.66. The second kappa shape index (κ2) is 9.82. The van der Waals surface area contributed by atoms with E-state index in [0.29, 0.717) is 17.1 Å². The number of aliphatic hydroxyl groups is 1. The van der Waals surface area contributed by atoms with Crippen molar-refractivity contribution in [3.8, 4) is 11.5 Å². The summed E-state index contributed by atoms with van der Waals surface area (Å²) < 4.78 is 14.5. The molecule has 0 bridgehead atoms. The molecule has 3 aromatic rings. The van der Waals surface area contributed by atoms with E-state index >= 15 is 0 Å². The zero-order chi connectivity index (χ0) is 21.7. The Morgan fingerprint density at radius 3 is 2.20 bits per heavy atom. The smallest absolute Gasteiger partial charge is 0.203 e. The van der Waals surface area contributed by atoms with E-state index in [0.717, 1.165) is 42.8 Å². The van der Waals surface area contributed by atoms with E-state index in [2.05, 4.69) is 18.7 Å². The monoisotopic (exact) mass is 412 g/mol. The number of fused-ring (bicyclic) bond motifs is 1. The summed E-state index contributed by atoms with van der Waals surface area (Å²) in [5, 5.41) is 19.7. The maximum atomic E-state index is 10.9. The summed E-state index contributed by atoms with van der Waals surface area (Å²) in [6.07, 6.45) is -0.777. The fourth-order valence-corrected chi connectivity index (χ4v) is 3.83. The van der Waals surface area contributed by atoms with Crippen LogP contribution in [0.15, 0.2) is 42.5 Å². The highest BCUT2D eigenvalue weighted by molar-refractivity contribution is 5.75. The van der Waals surface area contributed by atoms with Crippen LogP contribution in [0.3, 0.4) is 0 Å². The van der Waals surface area contributed by atoms with E-state index < -0.39 is 6.10 Å². The largest absolute Gasteiger partial charge is 0.493 e. The van der Waals surface area contributed by atoms with Crippen LogP contribution in [0, 0.1) is 5.41 Å². The number of hydrogen-bond donors (Lipinski definition) is 2. The number of nitrogens with zero attached hydrogens (tertiary/aromatic N) is 3. The quantitative estimate of drug-likeness (QED) is 0.537. The predicted octanol–water partition coefficient (Wildman–Crippen LogP) is 3.01. The number of methoxy groups -OCH3 is 2. The van der Waals surface area contributed by atoms with Gasteiger partial charge in [0, 0.05) is 13.1 Å². The Kier molecular flexibility index (Phi) is 7.18. The average molecular weight is 413 g/mol. The number of para-hydroxylation sites is 2. The number of nitrogens with one attached hydrogen (secondary N) is 1. The standard InChI is InChI=1S/C23H32N4O3/c1-5-25(6-2)13-14-26-18-9-7-8-10-19(18)27(23(26)24)16-20(28)17-11-12-21(29-3)22(15-17)30-4/h7-12,15,20,24,28H,5-6,13-14,16H2,1-4H3/t20-/m0/s1. The first kappa shape index (κ1) is 21.9. The molecule has 2 aromatic carbocycles. The minimum absolute atomic E-state index is 0.285. The molecule has 0 aliphatic carbocycles. The van der Waals surface area contributed by atoms with Crippen LogP contribution >= 0.6 is 0 Å². The summed E-state index contributed by atoms with van der Waals surface area (Å²) in [5.74, 6) is 1.20. The van der Waals surface area contributed by atoms with Crippen LogP contribution in [-0.2, 0) is 13.1 Å². The van der Waals surface area contributed by atoms with Gasteiger partial charge in [-0.1, -0.05) is 32.0 Å². The van der Waals surface area contributed by atoms with Crippen molar-refractivity contribution >= 4 is 11.0 Å². The van der Waals surface area contributed by atoms with Gasteiger partial charge in [0.15, 0.2) is 11.5 Å². The Bertz CT molecular complexity index is 1040. The second-order valence-electron chi connectivity index (χ2n) is 7.23. The van der Waals surface area contributed by atoms with E-state index in [1.54, 1.807) is 26.4 Å². The van der Waals surface area contributed by atoms with Gasteiger partial charge in [-0.3, -0.25) is 5.41 Å². The van der Waals surface area contributed by atoms with Crippen LogP contribution in [0.4, 0.5) is 0 Å². The molecule has 1 heterocycles. The normalized spacial score (nSPS) is 12.5. The molecule has 0 radical (unpaired) electrons. The SMILES string of the molecule is CCN(CC)CCn1c(=N)n(C[C@H](O)c2ccc(OC)c(OC)c2)c2ccccc21. The van der Waals surface area contributed by atoms with E-state index in [1.807, 2.05) is 39.5 Å². The molecule has 0 fully saturated rings. The molecule has 7 nitrogen and oxygen atoms in total. The van der Waals surface area contributed by atoms with Crippen LogP contribution in [0.2, 0.25) is 0 Å². The van der Waals surface area contributed by atoms with Crippen LogP contribution in [0.1, 0.15) is 25.5 Å². The summed E-state index contributed by atoms with van der Waals surface area (Å²) in [6.45, 7) is 8.18. The first-order valence-electron chi connectivity index (χ1n) is 10.4. The molecule has 0 saturated heterocycles. The number of hydrogen-bond acceptors (Lipinski definition) is 5. The van der Waals surface area contributed by atoms with Crippen molar-refractivity contribution < 1.29 is 14.6 Å². The maximum absolute atomic E-state index is 10.9. The number of benzene rings is 2. The molecule has 0 unspecified atom stereocenters. The number of likely N-dealkylation sites (N-methyl/N-ethyl adjacent to an activating group) is 1. The molecule has 0 spiro atoms. The van der Waals surface area contributed by atoms with Gasteiger partial charge in [0.25, 0.3) is 0 Å². The predicted molar refractivity (Wildman–Crippen MR) is 118 cm³/mol. The van der Waals surface area contributed by atoms with Gasteiger partial charge in [0.05, 0.1) is 37.9 Å². The van der Waals surface area contributed by atoms with Crippen molar-refractivity contribution in [2.45, 2.75) is 33.0 Å².